The average Bonchev–Trinajstić information content (AvgIpc) is 2.57. The fourth-order valence-corrected chi connectivity index (χ4v) is 2.41. The van der Waals surface area contributed by atoms with Crippen molar-refractivity contribution in [3.63, 3.8) is 0 Å². The van der Waals surface area contributed by atoms with Crippen molar-refractivity contribution in [2.75, 3.05) is 11.9 Å². The van der Waals surface area contributed by atoms with Gasteiger partial charge in [-0.3, -0.25) is 4.79 Å². The topological polar surface area (TPSA) is 64.9 Å². The monoisotopic (exact) mass is 387 g/mol. The number of hydrogen-bond acceptors (Lipinski definition) is 3. The van der Waals surface area contributed by atoms with Crippen LogP contribution in [0.3, 0.4) is 0 Å². The molecule has 0 aliphatic carbocycles. The first-order valence-electron chi connectivity index (χ1n) is 7.23. The zero-order valence-electron chi connectivity index (χ0n) is 12.7. The third-order valence-electron chi connectivity index (χ3n) is 3.16. The number of amides is 1. The van der Waals surface area contributed by atoms with Gasteiger partial charge in [-0.05, 0) is 48.4 Å². The Balaban J connectivity index is 1.87. The van der Waals surface area contributed by atoms with E-state index in [1.54, 1.807) is 0 Å². The predicted molar refractivity (Wildman–Crippen MR) is 94.6 cm³/mol. The molecule has 0 radical (unpaired) electrons. The molecule has 0 aliphatic heterocycles. The average molecular weight is 388 g/mol. The van der Waals surface area contributed by atoms with Crippen molar-refractivity contribution in [3.8, 4) is 6.07 Å². The molecule has 0 fully saturated rings. The number of benzene rings is 2. The van der Waals surface area contributed by atoms with Gasteiger partial charge in [0.1, 0.15) is 17.5 Å². The van der Waals surface area contributed by atoms with Crippen LogP contribution in [-0.4, -0.2) is 12.5 Å². The Morgan fingerprint density at radius 3 is 2.67 bits per heavy atom. The van der Waals surface area contributed by atoms with Crippen LogP contribution in [0.2, 0.25) is 0 Å². The fraction of sp³-hybridized carbons (Fsp3) is 0.111. The molecule has 122 valence electrons. The molecule has 0 bridgehead atoms. The van der Waals surface area contributed by atoms with Crippen LogP contribution in [0.25, 0.3) is 0 Å². The third kappa shape index (κ3) is 5.52. The number of hydrogen-bond donors (Lipinski definition) is 2. The molecule has 0 heterocycles. The molecule has 1 amide bonds. The lowest BCUT2D eigenvalue weighted by Gasteiger charge is -2.05. The molecule has 0 saturated carbocycles. The van der Waals surface area contributed by atoms with Crippen LogP contribution in [0.5, 0.6) is 0 Å². The van der Waals surface area contributed by atoms with E-state index in [1.807, 2.05) is 30.3 Å². The number of nitrogens with zero attached hydrogens (tertiary/aromatic N) is 1. The zero-order valence-corrected chi connectivity index (χ0v) is 14.3. The molecule has 0 aliphatic rings. The van der Waals surface area contributed by atoms with Gasteiger partial charge >= 0.3 is 0 Å². The van der Waals surface area contributed by atoms with E-state index in [0.717, 1.165) is 16.5 Å². The van der Waals surface area contributed by atoms with E-state index in [2.05, 4.69) is 26.6 Å². The second-order valence-corrected chi connectivity index (χ2v) is 5.88. The van der Waals surface area contributed by atoms with Gasteiger partial charge in [0.05, 0.1) is 0 Å². The van der Waals surface area contributed by atoms with E-state index < -0.39 is 11.7 Å². The summed E-state index contributed by atoms with van der Waals surface area (Å²) >= 11 is 3.41. The van der Waals surface area contributed by atoms with Crippen molar-refractivity contribution >= 4 is 27.5 Å². The van der Waals surface area contributed by atoms with Gasteiger partial charge in [-0.2, -0.15) is 5.26 Å². The van der Waals surface area contributed by atoms with E-state index in [9.17, 15) is 9.18 Å². The highest BCUT2D eigenvalue weighted by molar-refractivity contribution is 9.10. The van der Waals surface area contributed by atoms with Crippen LogP contribution >= 0.6 is 15.9 Å². The lowest BCUT2D eigenvalue weighted by atomic mass is 10.1. The Labute approximate surface area is 148 Å². The van der Waals surface area contributed by atoms with Crippen LogP contribution in [-0.2, 0) is 11.2 Å². The van der Waals surface area contributed by atoms with Gasteiger partial charge in [0.15, 0.2) is 0 Å². The summed E-state index contributed by atoms with van der Waals surface area (Å²) in [6.45, 7) is 0.589. The van der Waals surface area contributed by atoms with Crippen molar-refractivity contribution in [1.29, 1.82) is 5.26 Å². The lowest BCUT2D eigenvalue weighted by Crippen LogP contribution is -2.18. The molecule has 0 spiro atoms. The summed E-state index contributed by atoms with van der Waals surface area (Å²) in [7, 11) is 0. The van der Waals surface area contributed by atoms with Crippen molar-refractivity contribution in [1.82, 2.24) is 5.32 Å². The van der Waals surface area contributed by atoms with Gasteiger partial charge in [0.25, 0.3) is 5.91 Å². The van der Waals surface area contributed by atoms with Crippen molar-refractivity contribution in [2.24, 2.45) is 0 Å². The van der Waals surface area contributed by atoms with Crippen molar-refractivity contribution in [3.05, 3.63) is 76.2 Å². The summed E-state index contributed by atoms with van der Waals surface area (Å²) < 4.78 is 13.8. The van der Waals surface area contributed by atoms with Crippen molar-refractivity contribution in [2.45, 2.75) is 6.42 Å². The molecule has 2 aromatic rings. The largest absolute Gasteiger partial charge is 0.389 e. The predicted octanol–water partition coefficient (Wildman–Crippen LogP) is 3.77. The molecule has 2 N–H and O–H groups in total. The van der Waals surface area contributed by atoms with Gasteiger partial charge in [0, 0.05) is 22.9 Å². The minimum absolute atomic E-state index is 0.0476. The second-order valence-electron chi connectivity index (χ2n) is 4.96. The number of rotatable bonds is 6. The minimum atomic E-state index is -0.543. The van der Waals surface area contributed by atoms with Gasteiger partial charge in [-0.25, -0.2) is 4.39 Å². The minimum Gasteiger partial charge on any atom is -0.389 e. The summed E-state index contributed by atoms with van der Waals surface area (Å²) in [6, 6.07) is 15.1. The maximum Gasteiger partial charge on any atom is 0.267 e. The molecule has 24 heavy (non-hydrogen) atoms. The molecule has 2 aromatic carbocycles. The first-order chi connectivity index (χ1) is 11.6. The summed E-state index contributed by atoms with van der Waals surface area (Å²) in [5.74, 6) is -0.933. The van der Waals surface area contributed by atoms with E-state index in [0.29, 0.717) is 12.2 Å². The summed E-state index contributed by atoms with van der Waals surface area (Å²) in [6.07, 6.45) is 2.14. The van der Waals surface area contributed by atoms with Gasteiger partial charge < -0.3 is 10.6 Å². The lowest BCUT2D eigenvalue weighted by molar-refractivity contribution is -0.112. The van der Waals surface area contributed by atoms with E-state index in [-0.39, 0.29) is 5.57 Å². The molecular formula is C18H15BrFN3O. The smallest absolute Gasteiger partial charge is 0.267 e. The van der Waals surface area contributed by atoms with Crippen LogP contribution in [0, 0.1) is 17.1 Å². The molecule has 4 nitrogen and oxygen atoms in total. The highest BCUT2D eigenvalue weighted by atomic mass is 79.9. The van der Waals surface area contributed by atoms with Crippen LogP contribution in [0.15, 0.2) is 64.8 Å². The maximum atomic E-state index is 12.8. The Kier molecular flexibility index (Phi) is 6.52. The SMILES string of the molecule is N#C/C(=C/NCCc1cccc(Br)c1)C(=O)Nc1ccc(F)cc1. The van der Waals surface area contributed by atoms with Crippen molar-refractivity contribution < 1.29 is 9.18 Å². The Bertz CT molecular complexity index is 782. The first-order valence-corrected chi connectivity index (χ1v) is 8.03. The summed E-state index contributed by atoms with van der Waals surface area (Å²) in [5, 5.41) is 14.6. The quantitative estimate of drug-likeness (QED) is 0.450. The molecule has 0 atom stereocenters. The van der Waals surface area contributed by atoms with E-state index in [4.69, 9.17) is 5.26 Å². The maximum absolute atomic E-state index is 12.8. The number of anilines is 1. The fourth-order valence-electron chi connectivity index (χ4n) is 1.96. The first kappa shape index (κ1) is 17.7. The Morgan fingerprint density at radius 1 is 1.25 bits per heavy atom. The van der Waals surface area contributed by atoms with Crippen LogP contribution in [0.1, 0.15) is 5.56 Å². The van der Waals surface area contributed by atoms with E-state index in [1.165, 1.54) is 30.5 Å². The molecular weight excluding hydrogens is 373 g/mol. The molecule has 0 saturated heterocycles. The Morgan fingerprint density at radius 2 is 2.00 bits per heavy atom. The summed E-state index contributed by atoms with van der Waals surface area (Å²) in [5.41, 5.74) is 1.52. The highest BCUT2D eigenvalue weighted by Crippen LogP contribution is 2.12. The summed E-state index contributed by atoms with van der Waals surface area (Å²) in [4.78, 5) is 12.0. The Hall–Kier alpha value is -2.65. The number of carbonyl (C=O) groups excluding carboxylic acids is 1. The highest BCUT2D eigenvalue weighted by Gasteiger charge is 2.09. The number of halogens is 2. The van der Waals surface area contributed by atoms with Gasteiger partial charge in [-0.15, -0.1) is 0 Å². The standard InChI is InChI=1S/C18H15BrFN3O/c19-15-3-1-2-13(10-15)8-9-22-12-14(11-21)18(24)23-17-6-4-16(20)5-7-17/h1-7,10,12,22H,8-9H2,(H,23,24)/b14-12-. The molecule has 0 aromatic heterocycles. The number of carbonyl (C=O) groups is 1. The molecule has 2 rings (SSSR count). The van der Waals surface area contributed by atoms with Gasteiger partial charge in [-0.1, -0.05) is 28.1 Å². The number of nitrogens with one attached hydrogen (secondary N) is 2. The van der Waals surface area contributed by atoms with Gasteiger partial charge in [0.2, 0.25) is 0 Å². The zero-order chi connectivity index (χ0) is 17.4. The van der Waals surface area contributed by atoms with E-state index >= 15 is 0 Å². The number of nitriles is 1. The van der Waals surface area contributed by atoms with Crippen LogP contribution in [0.4, 0.5) is 10.1 Å². The molecule has 0 unspecified atom stereocenters. The normalized spacial score (nSPS) is 10.8. The van der Waals surface area contributed by atoms with Crippen LogP contribution < -0.4 is 10.6 Å². The third-order valence-corrected chi connectivity index (χ3v) is 3.65. The second kappa shape index (κ2) is 8.85. The molecule has 6 heteroatoms.